The first-order valence-electron chi connectivity index (χ1n) is 10.5. The molecule has 1 N–H and O–H groups in total. The molecule has 1 atom stereocenters. The molecule has 0 radical (unpaired) electrons. The van der Waals surface area contributed by atoms with Crippen molar-refractivity contribution >= 4 is 17.6 Å². The standard InChI is InChI=1S/C25H22N2O5/c1-2-30-25(29)17-6-5-7-18(13-17)26-23-19-8-3-4-9-20(19)24(28)27(23)14-16-10-11-21-22(12-16)32-15-31-21/h3-13,23,26H,2,14-15H2,1H3. The Balaban J connectivity index is 1.45. The molecular formula is C25H22N2O5. The van der Waals surface area contributed by atoms with Gasteiger partial charge in [-0.3, -0.25) is 4.79 Å². The average molecular weight is 430 g/mol. The van der Waals surface area contributed by atoms with Crippen LogP contribution in [0.4, 0.5) is 5.69 Å². The Bertz CT molecular complexity index is 1190. The van der Waals surface area contributed by atoms with Gasteiger partial charge in [0.1, 0.15) is 6.17 Å². The minimum absolute atomic E-state index is 0.0580. The van der Waals surface area contributed by atoms with Crippen LogP contribution in [-0.4, -0.2) is 30.2 Å². The van der Waals surface area contributed by atoms with E-state index >= 15 is 0 Å². The largest absolute Gasteiger partial charge is 0.462 e. The fourth-order valence-electron chi connectivity index (χ4n) is 4.03. The number of esters is 1. The lowest BCUT2D eigenvalue weighted by Crippen LogP contribution is -2.31. The molecule has 0 saturated heterocycles. The van der Waals surface area contributed by atoms with Crippen molar-refractivity contribution in [1.29, 1.82) is 0 Å². The second kappa shape index (κ2) is 8.26. The van der Waals surface area contributed by atoms with Crippen molar-refractivity contribution in [3.05, 3.63) is 89.0 Å². The van der Waals surface area contributed by atoms with Crippen molar-refractivity contribution < 1.29 is 23.8 Å². The van der Waals surface area contributed by atoms with E-state index in [1.54, 1.807) is 30.0 Å². The Morgan fingerprint density at radius 2 is 1.91 bits per heavy atom. The smallest absolute Gasteiger partial charge is 0.338 e. The van der Waals surface area contributed by atoms with Gasteiger partial charge in [0, 0.05) is 23.4 Å². The second-order valence-corrected chi connectivity index (χ2v) is 7.56. The molecule has 0 fully saturated rings. The number of ether oxygens (including phenoxy) is 3. The fourth-order valence-corrected chi connectivity index (χ4v) is 4.03. The van der Waals surface area contributed by atoms with Gasteiger partial charge >= 0.3 is 5.97 Å². The maximum absolute atomic E-state index is 13.3. The van der Waals surface area contributed by atoms with E-state index in [4.69, 9.17) is 14.2 Å². The van der Waals surface area contributed by atoms with Crippen molar-refractivity contribution in [3.8, 4) is 11.5 Å². The molecule has 2 aliphatic rings. The SMILES string of the molecule is CCOC(=O)c1cccc(NC2c3ccccc3C(=O)N2Cc2ccc3c(c2)OCO3)c1. The first-order valence-corrected chi connectivity index (χ1v) is 10.5. The van der Waals surface area contributed by atoms with Crippen LogP contribution in [0.25, 0.3) is 0 Å². The summed E-state index contributed by atoms with van der Waals surface area (Å²) in [7, 11) is 0. The van der Waals surface area contributed by atoms with Gasteiger partial charge in [-0.2, -0.15) is 0 Å². The molecule has 1 unspecified atom stereocenters. The molecule has 2 aliphatic heterocycles. The maximum atomic E-state index is 13.3. The van der Waals surface area contributed by atoms with Gasteiger partial charge in [0.2, 0.25) is 6.79 Å². The molecule has 5 rings (SSSR count). The van der Waals surface area contributed by atoms with Gasteiger partial charge in [-0.25, -0.2) is 4.79 Å². The van der Waals surface area contributed by atoms with Gasteiger partial charge in [0.15, 0.2) is 11.5 Å². The Morgan fingerprint density at radius 3 is 2.78 bits per heavy atom. The molecule has 2 heterocycles. The minimum atomic E-state index is -0.387. The summed E-state index contributed by atoms with van der Waals surface area (Å²) in [6, 6.07) is 20.4. The summed E-state index contributed by atoms with van der Waals surface area (Å²) >= 11 is 0. The highest BCUT2D eigenvalue weighted by Crippen LogP contribution is 2.38. The first kappa shape index (κ1) is 19.9. The van der Waals surface area contributed by atoms with Crippen LogP contribution in [0.1, 0.15) is 44.9 Å². The Hall–Kier alpha value is -4.00. The number of nitrogens with one attached hydrogen (secondary N) is 1. The van der Waals surface area contributed by atoms with E-state index in [-0.39, 0.29) is 24.8 Å². The summed E-state index contributed by atoms with van der Waals surface area (Å²) in [5, 5.41) is 3.43. The van der Waals surface area contributed by atoms with Crippen molar-refractivity contribution in [2.75, 3.05) is 18.7 Å². The third kappa shape index (κ3) is 3.62. The van der Waals surface area contributed by atoms with Crippen LogP contribution in [0.3, 0.4) is 0 Å². The normalized spacial score (nSPS) is 16.1. The number of benzene rings is 3. The molecule has 162 valence electrons. The van der Waals surface area contributed by atoms with E-state index in [1.807, 2.05) is 48.5 Å². The highest BCUT2D eigenvalue weighted by Gasteiger charge is 2.36. The fraction of sp³-hybridized carbons (Fsp3) is 0.200. The van der Waals surface area contributed by atoms with Gasteiger partial charge in [0.25, 0.3) is 5.91 Å². The number of amides is 1. The van der Waals surface area contributed by atoms with E-state index in [0.717, 1.165) is 16.8 Å². The Labute approximate surface area is 185 Å². The Kier molecular flexibility index (Phi) is 5.15. The van der Waals surface area contributed by atoms with Crippen LogP contribution in [0.15, 0.2) is 66.7 Å². The van der Waals surface area contributed by atoms with Crippen molar-refractivity contribution in [3.63, 3.8) is 0 Å². The molecule has 0 aromatic heterocycles. The highest BCUT2D eigenvalue weighted by molar-refractivity contribution is 5.99. The van der Waals surface area contributed by atoms with Gasteiger partial charge < -0.3 is 24.4 Å². The van der Waals surface area contributed by atoms with Crippen LogP contribution in [0.2, 0.25) is 0 Å². The summed E-state index contributed by atoms with van der Waals surface area (Å²) in [5.74, 6) is 0.946. The summed E-state index contributed by atoms with van der Waals surface area (Å²) < 4.78 is 16.0. The molecule has 3 aromatic rings. The molecule has 0 saturated carbocycles. The lowest BCUT2D eigenvalue weighted by Gasteiger charge is -2.27. The zero-order chi connectivity index (χ0) is 22.1. The summed E-state index contributed by atoms with van der Waals surface area (Å²) in [6.07, 6.45) is -0.387. The topological polar surface area (TPSA) is 77.1 Å². The van der Waals surface area contributed by atoms with E-state index in [2.05, 4.69) is 5.32 Å². The molecule has 3 aromatic carbocycles. The predicted molar refractivity (Wildman–Crippen MR) is 118 cm³/mol. The summed E-state index contributed by atoms with van der Waals surface area (Å²) in [4.78, 5) is 27.2. The number of hydrogen-bond donors (Lipinski definition) is 1. The Morgan fingerprint density at radius 1 is 1.06 bits per heavy atom. The second-order valence-electron chi connectivity index (χ2n) is 7.56. The predicted octanol–water partition coefficient (Wildman–Crippen LogP) is 4.36. The van der Waals surface area contributed by atoms with Crippen LogP contribution in [-0.2, 0) is 11.3 Å². The number of rotatable bonds is 6. The summed E-state index contributed by atoms with van der Waals surface area (Å²) in [6.45, 7) is 2.67. The van der Waals surface area contributed by atoms with Crippen molar-refractivity contribution in [2.45, 2.75) is 19.6 Å². The molecular weight excluding hydrogens is 408 g/mol. The molecule has 0 aliphatic carbocycles. The lowest BCUT2D eigenvalue weighted by atomic mass is 10.1. The molecule has 1 amide bonds. The van der Waals surface area contributed by atoms with Crippen molar-refractivity contribution in [1.82, 2.24) is 4.90 Å². The molecule has 32 heavy (non-hydrogen) atoms. The zero-order valence-corrected chi connectivity index (χ0v) is 17.5. The minimum Gasteiger partial charge on any atom is -0.462 e. The van der Waals surface area contributed by atoms with Gasteiger partial charge in [-0.15, -0.1) is 0 Å². The van der Waals surface area contributed by atoms with Gasteiger partial charge in [0.05, 0.1) is 12.2 Å². The van der Waals surface area contributed by atoms with Crippen molar-refractivity contribution in [2.24, 2.45) is 0 Å². The van der Waals surface area contributed by atoms with E-state index in [1.165, 1.54) is 0 Å². The number of anilines is 1. The molecule has 7 heteroatoms. The molecule has 0 bridgehead atoms. The van der Waals surface area contributed by atoms with Gasteiger partial charge in [-0.1, -0.05) is 30.3 Å². The van der Waals surface area contributed by atoms with E-state index in [0.29, 0.717) is 35.8 Å². The maximum Gasteiger partial charge on any atom is 0.338 e. The third-order valence-electron chi connectivity index (χ3n) is 5.53. The number of hydrogen-bond acceptors (Lipinski definition) is 6. The van der Waals surface area contributed by atoms with Crippen LogP contribution in [0.5, 0.6) is 11.5 Å². The molecule has 0 spiro atoms. The van der Waals surface area contributed by atoms with E-state index in [9.17, 15) is 9.59 Å². The van der Waals surface area contributed by atoms with Crippen LogP contribution in [0, 0.1) is 0 Å². The number of nitrogens with zero attached hydrogens (tertiary/aromatic N) is 1. The monoisotopic (exact) mass is 430 g/mol. The number of carbonyl (C=O) groups is 2. The van der Waals surface area contributed by atoms with E-state index < -0.39 is 0 Å². The molecule has 7 nitrogen and oxygen atoms in total. The van der Waals surface area contributed by atoms with Crippen LogP contribution < -0.4 is 14.8 Å². The lowest BCUT2D eigenvalue weighted by molar-refractivity contribution is 0.0526. The zero-order valence-electron chi connectivity index (χ0n) is 17.5. The summed E-state index contributed by atoms with van der Waals surface area (Å²) in [5.41, 5.74) is 3.66. The number of carbonyl (C=O) groups excluding carboxylic acids is 2. The number of fused-ring (bicyclic) bond motifs is 2. The first-order chi connectivity index (χ1) is 15.6. The van der Waals surface area contributed by atoms with Gasteiger partial charge in [-0.05, 0) is 48.9 Å². The quantitative estimate of drug-likeness (QED) is 0.586. The van der Waals surface area contributed by atoms with Crippen LogP contribution >= 0.6 is 0 Å². The highest BCUT2D eigenvalue weighted by atomic mass is 16.7. The average Bonchev–Trinajstić information content (AvgIpc) is 3.38. The third-order valence-corrected chi connectivity index (χ3v) is 5.53.